The van der Waals surface area contributed by atoms with E-state index in [1.165, 1.54) is 19.3 Å². The molecule has 29 heavy (non-hydrogen) atoms. The molecule has 0 radical (unpaired) electrons. The molecule has 0 atom stereocenters. The van der Waals surface area contributed by atoms with E-state index in [4.69, 9.17) is 14.2 Å². The Kier molecular flexibility index (Phi) is 15.4. The summed E-state index contributed by atoms with van der Waals surface area (Å²) in [6, 6.07) is 0. The molecule has 0 aromatic rings. The van der Waals surface area contributed by atoms with Gasteiger partial charge < -0.3 is 14.2 Å². The summed E-state index contributed by atoms with van der Waals surface area (Å²) in [5.74, 6) is 0.184. The monoisotopic (exact) mass is 406 g/mol. The summed E-state index contributed by atoms with van der Waals surface area (Å²) in [4.78, 5) is 11.9. The van der Waals surface area contributed by atoms with E-state index in [0.29, 0.717) is 25.6 Å². The predicted octanol–water partition coefficient (Wildman–Crippen LogP) is 6.52. The number of rotatable bonds is 15. The van der Waals surface area contributed by atoms with Crippen LogP contribution in [0.5, 0.6) is 0 Å². The molecule has 1 saturated heterocycles. The average molecular weight is 407 g/mol. The molecule has 1 fully saturated rings. The summed E-state index contributed by atoms with van der Waals surface area (Å²) in [5.41, 5.74) is 0. The van der Waals surface area contributed by atoms with Crippen LogP contribution in [0.2, 0.25) is 0 Å². The highest BCUT2D eigenvalue weighted by Gasteiger charge is 2.26. The van der Waals surface area contributed by atoms with Gasteiger partial charge in [-0.15, -0.1) is 0 Å². The van der Waals surface area contributed by atoms with Crippen LogP contribution in [0.15, 0.2) is 36.5 Å². The van der Waals surface area contributed by atoms with Crippen LogP contribution >= 0.6 is 0 Å². The first-order valence-corrected chi connectivity index (χ1v) is 11.5. The summed E-state index contributed by atoms with van der Waals surface area (Å²) >= 11 is 0. The Hall–Kier alpha value is -1.39. The standard InChI is InChI=1S/C25H42O4/c1-4-5-6-7-8-9-10-11-12-13-14-15-16-17-18-19-24(26)29-23-20-27-25(22(2)3)28-21-23/h5-6,8-9,11-12,22-23,25H,4,7,10,13-21H2,1-3H3/b6-5+,9-8+,12-11+. The van der Waals surface area contributed by atoms with E-state index in [1.807, 2.05) is 0 Å². The summed E-state index contributed by atoms with van der Waals surface area (Å²) < 4.78 is 16.6. The van der Waals surface area contributed by atoms with Crippen LogP contribution in [-0.2, 0) is 19.0 Å². The highest BCUT2D eigenvalue weighted by Crippen LogP contribution is 2.16. The molecular formula is C25H42O4. The summed E-state index contributed by atoms with van der Waals surface area (Å²) in [5, 5.41) is 0. The maximum absolute atomic E-state index is 11.9. The Balaban J connectivity index is 1.90. The van der Waals surface area contributed by atoms with Gasteiger partial charge in [-0.05, 0) is 38.5 Å². The lowest BCUT2D eigenvalue weighted by molar-refractivity contribution is -0.239. The van der Waals surface area contributed by atoms with Gasteiger partial charge in [0.2, 0.25) is 0 Å². The van der Waals surface area contributed by atoms with Crippen LogP contribution in [0.4, 0.5) is 0 Å². The molecule has 1 aliphatic rings. The minimum Gasteiger partial charge on any atom is -0.457 e. The highest BCUT2D eigenvalue weighted by atomic mass is 16.7. The molecule has 4 heteroatoms. The van der Waals surface area contributed by atoms with Crippen molar-refractivity contribution in [2.75, 3.05) is 13.2 Å². The average Bonchev–Trinajstić information content (AvgIpc) is 2.71. The Labute approximate surface area is 178 Å². The number of hydrogen-bond donors (Lipinski definition) is 0. The molecule has 0 saturated carbocycles. The minimum absolute atomic E-state index is 0.133. The van der Waals surface area contributed by atoms with Crippen molar-refractivity contribution in [3.63, 3.8) is 0 Å². The fourth-order valence-corrected chi connectivity index (χ4v) is 3.09. The molecule has 166 valence electrons. The van der Waals surface area contributed by atoms with E-state index in [1.54, 1.807) is 0 Å². The largest absolute Gasteiger partial charge is 0.457 e. The third-order valence-electron chi connectivity index (χ3n) is 4.77. The lowest BCUT2D eigenvalue weighted by Crippen LogP contribution is -2.40. The first kappa shape index (κ1) is 25.6. The molecular weight excluding hydrogens is 364 g/mol. The van der Waals surface area contributed by atoms with Crippen LogP contribution in [0, 0.1) is 5.92 Å². The molecule has 0 amide bonds. The van der Waals surface area contributed by atoms with Gasteiger partial charge in [0.15, 0.2) is 6.29 Å². The number of allylic oxidation sites excluding steroid dienone is 6. The van der Waals surface area contributed by atoms with Crippen molar-refractivity contribution in [2.45, 2.75) is 97.4 Å². The molecule has 0 aliphatic carbocycles. The highest BCUT2D eigenvalue weighted by molar-refractivity contribution is 5.69. The normalized spacial score (nSPS) is 20.4. The van der Waals surface area contributed by atoms with Gasteiger partial charge in [-0.3, -0.25) is 4.79 Å². The molecule has 1 heterocycles. The third-order valence-corrected chi connectivity index (χ3v) is 4.77. The van der Waals surface area contributed by atoms with Crippen LogP contribution in [0.25, 0.3) is 0 Å². The lowest BCUT2D eigenvalue weighted by atomic mass is 10.1. The molecule has 0 aromatic heterocycles. The van der Waals surface area contributed by atoms with Crippen molar-refractivity contribution < 1.29 is 19.0 Å². The van der Waals surface area contributed by atoms with Gasteiger partial charge in [0.05, 0.1) is 13.2 Å². The van der Waals surface area contributed by atoms with E-state index in [9.17, 15) is 4.79 Å². The molecule has 0 bridgehead atoms. The predicted molar refractivity (Wildman–Crippen MR) is 120 cm³/mol. The van der Waals surface area contributed by atoms with Gasteiger partial charge in [0.25, 0.3) is 0 Å². The molecule has 1 aliphatic heterocycles. The van der Waals surface area contributed by atoms with Crippen LogP contribution < -0.4 is 0 Å². The number of ether oxygens (including phenoxy) is 3. The molecule has 0 N–H and O–H groups in total. The van der Waals surface area contributed by atoms with Crippen molar-refractivity contribution in [3.8, 4) is 0 Å². The number of esters is 1. The second-order valence-electron chi connectivity index (χ2n) is 7.99. The van der Waals surface area contributed by atoms with Crippen molar-refractivity contribution in [3.05, 3.63) is 36.5 Å². The zero-order valence-corrected chi connectivity index (χ0v) is 18.8. The Morgan fingerprint density at radius 1 is 0.897 bits per heavy atom. The van der Waals surface area contributed by atoms with Gasteiger partial charge in [-0.2, -0.15) is 0 Å². The van der Waals surface area contributed by atoms with Crippen molar-refractivity contribution in [1.29, 1.82) is 0 Å². The first-order chi connectivity index (χ1) is 14.1. The van der Waals surface area contributed by atoms with E-state index in [0.717, 1.165) is 38.5 Å². The molecule has 0 spiro atoms. The van der Waals surface area contributed by atoms with Crippen molar-refractivity contribution in [1.82, 2.24) is 0 Å². The molecule has 4 nitrogen and oxygen atoms in total. The van der Waals surface area contributed by atoms with E-state index in [2.05, 4.69) is 57.2 Å². The summed E-state index contributed by atoms with van der Waals surface area (Å²) in [6.45, 7) is 7.14. The Bertz CT molecular complexity index is 485. The zero-order chi connectivity index (χ0) is 21.2. The lowest BCUT2D eigenvalue weighted by Gasteiger charge is -2.31. The number of hydrogen-bond acceptors (Lipinski definition) is 4. The Morgan fingerprint density at radius 3 is 2.14 bits per heavy atom. The topological polar surface area (TPSA) is 44.8 Å². The van der Waals surface area contributed by atoms with Gasteiger partial charge in [0.1, 0.15) is 6.10 Å². The van der Waals surface area contributed by atoms with Gasteiger partial charge >= 0.3 is 5.97 Å². The van der Waals surface area contributed by atoms with Crippen LogP contribution in [-0.4, -0.2) is 31.6 Å². The summed E-state index contributed by atoms with van der Waals surface area (Å²) in [7, 11) is 0. The SMILES string of the molecule is CC/C=C/C/C=C/C/C=C/CCCCCCCC(=O)OC1COC(C(C)C)OC1. The van der Waals surface area contributed by atoms with Crippen LogP contribution in [0.1, 0.15) is 85.0 Å². The van der Waals surface area contributed by atoms with Gasteiger partial charge in [0, 0.05) is 12.3 Å². The summed E-state index contributed by atoms with van der Waals surface area (Å²) in [6.07, 6.45) is 23.4. The Morgan fingerprint density at radius 2 is 1.48 bits per heavy atom. The van der Waals surface area contributed by atoms with Crippen LogP contribution in [0.3, 0.4) is 0 Å². The third kappa shape index (κ3) is 14.3. The van der Waals surface area contributed by atoms with Gasteiger partial charge in [-0.1, -0.05) is 76.5 Å². The first-order valence-electron chi connectivity index (χ1n) is 11.5. The fraction of sp³-hybridized carbons (Fsp3) is 0.720. The van der Waals surface area contributed by atoms with E-state index in [-0.39, 0.29) is 18.4 Å². The number of unbranched alkanes of at least 4 members (excludes halogenated alkanes) is 5. The smallest absolute Gasteiger partial charge is 0.306 e. The maximum Gasteiger partial charge on any atom is 0.306 e. The number of carbonyl (C=O) groups is 1. The minimum atomic E-state index is -0.257. The fourth-order valence-electron chi connectivity index (χ4n) is 3.09. The van der Waals surface area contributed by atoms with Crippen molar-refractivity contribution in [2.24, 2.45) is 5.92 Å². The van der Waals surface area contributed by atoms with E-state index >= 15 is 0 Å². The zero-order valence-electron chi connectivity index (χ0n) is 18.8. The quantitative estimate of drug-likeness (QED) is 0.176. The maximum atomic E-state index is 11.9. The van der Waals surface area contributed by atoms with Gasteiger partial charge in [-0.25, -0.2) is 0 Å². The van der Waals surface area contributed by atoms with Crippen molar-refractivity contribution >= 4 is 5.97 Å². The second-order valence-corrected chi connectivity index (χ2v) is 7.99. The molecule has 0 unspecified atom stereocenters. The second kappa shape index (κ2) is 17.5. The molecule has 1 rings (SSSR count). The number of carbonyl (C=O) groups excluding carboxylic acids is 1. The molecule has 0 aromatic carbocycles. The van der Waals surface area contributed by atoms with E-state index < -0.39 is 0 Å².